The number of fused-ring (bicyclic) bond motifs is 1. The molecule has 0 saturated carbocycles. The average molecular weight is 406 g/mol. The minimum atomic E-state index is 0.164. The van der Waals surface area contributed by atoms with Gasteiger partial charge in [-0.1, -0.05) is 24.3 Å². The molecule has 1 amide bonds. The van der Waals surface area contributed by atoms with Crippen LogP contribution in [-0.2, 0) is 17.7 Å². The van der Waals surface area contributed by atoms with Gasteiger partial charge in [0.25, 0.3) is 5.91 Å². The molecule has 2 fully saturated rings. The summed E-state index contributed by atoms with van der Waals surface area (Å²) in [6.45, 7) is 5.73. The zero-order chi connectivity index (χ0) is 20.5. The highest BCUT2D eigenvalue weighted by Crippen LogP contribution is 2.26. The maximum absolute atomic E-state index is 13.1. The van der Waals surface area contributed by atoms with E-state index in [0.717, 1.165) is 64.1 Å². The summed E-state index contributed by atoms with van der Waals surface area (Å²) in [4.78, 5) is 20.0. The molecule has 0 aromatic heterocycles. The van der Waals surface area contributed by atoms with Gasteiger partial charge in [-0.3, -0.25) is 9.69 Å². The third-order valence-electron chi connectivity index (χ3n) is 7.08. The summed E-state index contributed by atoms with van der Waals surface area (Å²) < 4.78 is 5.47. The number of carbonyl (C=O) groups excluding carboxylic acids is 1. The van der Waals surface area contributed by atoms with E-state index in [4.69, 9.17) is 4.74 Å². The molecule has 3 heterocycles. The molecule has 3 aliphatic rings. The van der Waals surface area contributed by atoms with Gasteiger partial charge >= 0.3 is 0 Å². The maximum Gasteiger partial charge on any atom is 0.253 e. The smallest absolute Gasteiger partial charge is 0.253 e. The Morgan fingerprint density at radius 3 is 2.50 bits per heavy atom. The van der Waals surface area contributed by atoms with E-state index in [1.165, 1.54) is 16.8 Å². The van der Waals surface area contributed by atoms with Crippen LogP contribution in [-0.4, -0.2) is 67.7 Å². The number of nitrogens with zero attached hydrogens (tertiary/aromatic N) is 3. The zero-order valence-electron chi connectivity index (χ0n) is 17.8. The second-order valence-electron chi connectivity index (χ2n) is 8.82. The van der Waals surface area contributed by atoms with Crippen LogP contribution in [0.5, 0.6) is 0 Å². The van der Waals surface area contributed by atoms with Crippen LogP contribution in [0.3, 0.4) is 0 Å². The molecule has 5 rings (SSSR count). The quantitative estimate of drug-likeness (QED) is 0.783. The predicted octanol–water partition coefficient (Wildman–Crippen LogP) is 3.18. The Balaban J connectivity index is 1.19. The Kier molecular flexibility index (Phi) is 5.48. The van der Waals surface area contributed by atoms with Crippen LogP contribution < -0.4 is 4.90 Å². The Morgan fingerprint density at radius 1 is 0.933 bits per heavy atom. The van der Waals surface area contributed by atoms with Gasteiger partial charge in [-0.2, -0.15) is 0 Å². The molecule has 0 radical (unpaired) electrons. The van der Waals surface area contributed by atoms with Gasteiger partial charge in [0, 0.05) is 63.7 Å². The number of hydrogen-bond donors (Lipinski definition) is 0. The van der Waals surface area contributed by atoms with E-state index in [2.05, 4.69) is 46.2 Å². The van der Waals surface area contributed by atoms with Crippen molar-refractivity contribution < 1.29 is 9.53 Å². The van der Waals surface area contributed by atoms with Crippen molar-refractivity contribution in [3.8, 4) is 0 Å². The van der Waals surface area contributed by atoms with E-state index >= 15 is 0 Å². The number of ether oxygens (including phenoxy) is 1. The largest absolute Gasteiger partial charge is 0.380 e. The monoisotopic (exact) mass is 405 g/mol. The Bertz CT molecular complexity index is 898. The molecule has 2 saturated heterocycles. The van der Waals surface area contributed by atoms with Crippen LogP contribution in [0, 0.1) is 0 Å². The van der Waals surface area contributed by atoms with Gasteiger partial charge < -0.3 is 14.5 Å². The van der Waals surface area contributed by atoms with E-state index < -0.39 is 0 Å². The number of anilines is 1. The van der Waals surface area contributed by atoms with Crippen LogP contribution in [0.15, 0.2) is 48.5 Å². The van der Waals surface area contributed by atoms with Crippen LogP contribution >= 0.6 is 0 Å². The van der Waals surface area contributed by atoms with Crippen LogP contribution in [0.25, 0.3) is 0 Å². The lowest BCUT2D eigenvalue weighted by atomic mass is 9.98. The highest BCUT2D eigenvalue weighted by molar-refractivity contribution is 5.94. The number of methoxy groups -OCH3 is 1. The molecule has 0 aliphatic carbocycles. The van der Waals surface area contributed by atoms with Crippen molar-refractivity contribution in [1.29, 1.82) is 0 Å². The summed E-state index contributed by atoms with van der Waals surface area (Å²) >= 11 is 0. The van der Waals surface area contributed by atoms with Crippen molar-refractivity contribution in [3.63, 3.8) is 0 Å². The van der Waals surface area contributed by atoms with Gasteiger partial charge in [0.2, 0.25) is 0 Å². The van der Waals surface area contributed by atoms with Crippen molar-refractivity contribution in [2.24, 2.45) is 0 Å². The summed E-state index contributed by atoms with van der Waals surface area (Å²) in [7, 11) is 1.78. The van der Waals surface area contributed by atoms with Crippen molar-refractivity contribution in [1.82, 2.24) is 9.80 Å². The lowest BCUT2D eigenvalue weighted by Gasteiger charge is -2.33. The number of likely N-dealkylation sites (tertiary alicyclic amines) is 1. The number of benzene rings is 2. The maximum atomic E-state index is 13.1. The van der Waals surface area contributed by atoms with Crippen LogP contribution in [0.4, 0.5) is 5.69 Å². The third kappa shape index (κ3) is 3.84. The first-order chi connectivity index (χ1) is 14.7. The lowest BCUT2D eigenvalue weighted by molar-refractivity contribution is 0.0773. The average Bonchev–Trinajstić information content (AvgIpc) is 3.48. The minimum absolute atomic E-state index is 0.164. The molecule has 0 N–H and O–H groups in total. The molecule has 0 bridgehead atoms. The minimum Gasteiger partial charge on any atom is -0.380 e. The molecule has 3 aliphatic heterocycles. The van der Waals surface area contributed by atoms with Gasteiger partial charge in [-0.05, 0) is 54.7 Å². The van der Waals surface area contributed by atoms with Gasteiger partial charge in [0.05, 0.1) is 6.10 Å². The van der Waals surface area contributed by atoms with Gasteiger partial charge in [-0.25, -0.2) is 0 Å². The molecule has 2 unspecified atom stereocenters. The van der Waals surface area contributed by atoms with Crippen molar-refractivity contribution in [3.05, 3.63) is 65.2 Å². The third-order valence-corrected chi connectivity index (χ3v) is 7.08. The highest BCUT2D eigenvalue weighted by Gasteiger charge is 2.32. The second-order valence-corrected chi connectivity index (χ2v) is 8.82. The van der Waals surface area contributed by atoms with Crippen LogP contribution in [0.1, 0.15) is 34.3 Å². The van der Waals surface area contributed by atoms with Gasteiger partial charge in [0.15, 0.2) is 0 Å². The molecule has 0 spiro atoms. The molecule has 5 nitrogen and oxygen atoms in total. The Morgan fingerprint density at radius 2 is 1.73 bits per heavy atom. The van der Waals surface area contributed by atoms with E-state index in [1.807, 2.05) is 17.0 Å². The number of rotatable bonds is 4. The fraction of sp³-hybridized carbons (Fsp3) is 0.480. The molecule has 158 valence electrons. The van der Waals surface area contributed by atoms with Crippen molar-refractivity contribution >= 4 is 11.6 Å². The summed E-state index contributed by atoms with van der Waals surface area (Å²) in [5.41, 5.74) is 4.90. The molecular formula is C25H31N3O2. The topological polar surface area (TPSA) is 36.0 Å². The molecular weight excluding hydrogens is 374 g/mol. The Labute approximate surface area is 179 Å². The van der Waals surface area contributed by atoms with Crippen LogP contribution in [0.2, 0.25) is 0 Å². The molecule has 30 heavy (non-hydrogen) atoms. The molecule has 2 aromatic rings. The first kappa shape index (κ1) is 19.6. The summed E-state index contributed by atoms with van der Waals surface area (Å²) in [5, 5.41) is 0. The summed E-state index contributed by atoms with van der Waals surface area (Å²) in [6.07, 6.45) is 3.56. The van der Waals surface area contributed by atoms with Gasteiger partial charge in [-0.15, -0.1) is 0 Å². The van der Waals surface area contributed by atoms with E-state index in [-0.39, 0.29) is 5.91 Å². The first-order valence-corrected chi connectivity index (χ1v) is 11.2. The fourth-order valence-corrected chi connectivity index (χ4v) is 5.21. The number of amides is 1. The fourth-order valence-electron chi connectivity index (χ4n) is 5.21. The first-order valence-electron chi connectivity index (χ1n) is 11.2. The highest BCUT2D eigenvalue weighted by atomic mass is 16.5. The van der Waals surface area contributed by atoms with Gasteiger partial charge in [0.1, 0.15) is 0 Å². The van der Waals surface area contributed by atoms with E-state index in [9.17, 15) is 4.79 Å². The number of carbonyl (C=O) groups is 1. The standard InChI is InChI=1S/C25H31N3O2/c1-30-24-12-15-27(18-24)22-8-6-20(7-9-22)25(29)28-14-11-23(17-28)26-13-10-19-4-2-3-5-21(19)16-26/h2-9,23-24H,10-18H2,1H3. The summed E-state index contributed by atoms with van der Waals surface area (Å²) in [5.74, 6) is 0.164. The molecule has 2 atom stereocenters. The van der Waals surface area contributed by atoms with Crippen molar-refractivity contribution in [2.45, 2.75) is 38.0 Å². The van der Waals surface area contributed by atoms with E-state index in [0.29, 0.717) is 12.1 Å². The second kappa shape index (κ2) is 8.40. The molecule has 2 aromatic carbocycles. The summed E-state index contributed by atoms with van der Waals surface area (Å²) in [6, 6.07) is 17.4. The normalized spacial score (nSPS) is 24.3. The van der Waals surface area contributed by atoms with Crippen molar-refractivity contribution in [2.75, 3.05) is 44.7 Å². The Hall–Kier alpha value is -2.37. The SMILES string of the molecule is COC1CCN(c2ccc(C(=O)N3CCC(N4CCc5ccccc5C4)C3)cc2)C1. The van der Waals surface area contributed by atoms with E-state index in [1.54, 1.807) is 7.11 Å². The zero-order valence-corrected chi connectivity index (χ0v) is 17.8. The molecule has 5 heteroatoms. The number of hydrogen-bond acceptors (Lipinski definition) is 4. The lowest BCUT2D eigenvalue weighted by Crippen LogP contribution is -2.41. The predicted molar refractivity (Wildman–Crippen MR) is 119 cm³/mol.